The van der Waals surface area contributed by atoms with Gasteiger partial charge < -0.3 is 15.6 Å². The number of hydrogen-bond donors (Lipinski definition) is 4. The maximum Gasteiger partial charge on any atom is 0.149 e. The molecule has 8 heteroatoms. The highest BCUT2D eigenvalue weighted by Gasteiger charge is 2.07. The third-order valence-electron chi connectivity index (χ3n) is 3.91. The van der Waals surface area contributed by atoms with Gasteiger partial charge in [0.05, 0.1) is 5.69 Å². The molecule has 0 spiro atoms. The van der Waals surface area contributed by atoms with Crippen LogP contribution in [0.4, 0.5) is 11.4 Å². The first-order valence-electron chi connectivity index (χ1n) is 8.49. The third kappa shape index (κ3) is 5.17. The highest BCUT2D eigenvalue weighted by atomic mass is 35.5. The molecule has 4 rings (SSSR count). The molecule has 144 valence electrons. The molecule has 3 heterocycles. The normalized spacial score (nSPS) is 10.4. The Morgan fingerprint density at radius 2 is 2.00 bits per heavy atom. The molecule has 5 nitrogen and oxygen atoms in total. The molecule has 0 radical (unpaired) electrons. The number of nitrogens with one attached hydrogen (secondary N) is 3. The van der Waals surface area contributed by atoms with E-state index in [9.17, 15) is 0 Å². The Bertz CT molecular complexity index is 1050. The van der Waals surface area contributed by atoms with E-state index in [2.05, 4.69) is 44.3 Å². The molecule has 0 fully saturated rings. The molecule has 0 unspecified atom stereocenters. The predicted molar refractivity (Wildman–Crippen MR) is 120 cm³/mol. The molecule has 0 aliphatic carbocycles. The lowest BCUT2D eigenvalue weighted by atomic mass is 10.1. The fraction of sp³-hybridized carbons (Fsp3) is 0.100. The van der Waals surface area contributed by atoms with E-state index in [0.717, 1.165) is 28.3 Å². The van der Waals surface area contributed by atoms with Crippen LogP contribution in [0, 0.1) is 0 Å². The first-order chi connectivity index (χ1) is 13.6. The van der Waals surface area contributed by atoms with Gasteiger partial charge in [-0.05, 0) is 42.9 Å². The largest absolute Gasteiger partial charge is 0.361 e. The minimum absolute atomic E-state index is 0.291. The molecular weight excluding hydrogens is 413 g/mol. The van der Waals surface area contributed by atoms with Crippen molar-refractivity contribution in [3.05, 3.63) is 76.9 Å². The van der Waals surface area contributed by atoms with Crippen LogP contribution in [0.15, 0.2) is 66.1 Å². The third-order valence-corrected chi connectivity index (χ3v) is 4.94. The van der Waals surface area contributed by atoms with Gasteiger partial charge >= 0.3 is 0 Å². The number of thiol groups is 1. The molecule has 4 aromatic rings. The van der Waals surface area contributed by atoms with Crippen LogP contribution in [-0.2, 0) is 6.54 Å². The Kier molecular flexibility index (Phi) is 7.17. The molecule has 0 bridgehead atoms. The number of aromatic amines is 1. The Hall–Kier alpha value is -2.25. The molecule has 0 aliphatic rings. The summed E-state index contributed by atoms with van der Waals surface area (Å²) in [5.41, 5.74) is 3.98. The molecule has 0 saturated carbocycles. The van der Waals surface area contributed by atoms with Crippen molar-refractivity contribution in [2.45, 2.75) is 11.4 Å². The average Bonchev–Trinajstić information content (AvgIpc) is 3.09. The summed E-state index contributed by atoms with van der Waals surface area (Å²) < 4.78 is 0. The zero-order valence-corrected chi connectivity index (χ0v) is 17.5. The molecule has 0 saturated heterocycles. The van der Waals surface area contributed by atoms with E-state index in [0.29, 0.717) is 10.2 Å². The zero-order valence-electron chi connectivity index (χ0n) is 15.1. The number of aromatic nitrogens is 3. The van der Waals surface area contributed by atoms with Gasteiger partial charge in [-0.25, -0.2) is 4.98 Å². The van der Waals surface area contributed by atoms with E-state index in [1.165, 1.54) is 10.9 Å². The van der Waals surface area contributed by atoms with Gasteiger partial charge in [0.1, 0.15) is 10.2 Å². The number of hydrogen-bond acceptors (Lipinski definition) is 5. The van der Waals surface area contributed by atoms with Gasteiger partial charge in [0.25, 0.3) is 0 Å². The molecule has 0 aliphatic heterocycles. The van der Waals surface area contributed by atoms with Gasteiger partial charge in [-0.3, -0.25) is 4.98 Å². The monoisotopic (exact) mass is 431 g/mol. The number of benzene rings is 1. The molecule has 3 N–H and O–H groups in total. The quantitative estimate of drug-likeness (QED) is 0.247. The summed E-state index contributed by atoms with van der Waals surface area (Å²) in [6.07, 6.45) is 7.05. The molecular formula is C20H19Cl2N5S. The van der Waals surface area contributed by atoms with E-state index in [1.807, 2.05) is 37.5 Å². The topological polar surface area (TPSA) is 65.6 Å². The van der Waals surface area contributed by atoms with Crippen molar-refractivity contribution in [3.63, 3.8) is 0 Å². The second-order valence-electron chi connectivity index (χ2n) is 5.90. The van der Waals surface area contributed by atoms with Gasteiger partial charge in [0.15, 0.2) is 0 Å². The summed E-state index contributed by atoms with van der Waals surface area (Å²) in [4.78, 5) is 11.9. The molecule has 0 amide bonds. The van der Waals surface area contributed by atoms with Gasteiger partial charge in [0.2, 0.25) is 0 Å². The van der Waals surface area contributed by atoms with Crippen LogP contribution in [0.2, 0.25) is 10.2 Å². The number of fused-ring (bicyclic) bond motifs is 1. The molecule has 1 aromatic carbocycles. The van der Waals surface area contributed by atoms with Crippen LogP contribution in [0.1, 0.15) is 5.56 Å². The first kappa shape index (κ1) is 20.5. The summed E-state index contributed by atoms with van der Waals surface area (Å²) in [5, 5.41) is 8.32. The Balaban J connectivity index is 0.000000271. The highest BCUT2D eigenvalue weighted by molar-refractivity contribution is 7.80. The van der Waals surface area contributed by atoms with E-state index in [4.69, 9.17) is 23.2 Å². The minimum Gasteiger partial charge on any atom is -0.361 e. The summed E-state index contributed by atoms with van der Waals surface area (Å²) >= 11 is 16.1. The second-order valence-corrected chi connectivity index (χ2v) is 7.16. The van der Waals surface area contributed by atoms with E-state index < -0.39 is 0 Å². The second kappa shape index (κ2) is 9.80. The van der Waals surface area contributed by atoms with Crippen LogP contribution >= 0.6 is 35.8 Å². The van der Waals surface area contributed by atoms with Gasteiger partial charge in [-0.15, -0.1) is 12.6 Å². The number of H-pyrrole nitrogens is 1. The van der Waals surface area contributed by atoms with E-state index in [-0.39, 0.29) is 0 Å². The van der Waals surface area contributed by atoms with Gasteiger partial charge in [-0.2, -0.15) is 0 Å². The number of pyridine rings is 2. The van der Waals surface area contributed by atoms with Crippen molar-refractivity contribution >= 4 is 58.1 Å². The van der Waals surface area contributed by atoms with E-state index >= 15 is 0 Å². The molecule has 28 heavy (non-hydrogen) atoms. The highest BCUT2D eigenvalue weighted by Crippen LogP contribution is 2.31. The standard InChI is InChI=1S/C15H14Cl2N4.C5H5NS/c1-18-7-9-8-20-13-6-10(2-3-11(9)13)21-12-4-5-19-15(17)14(12)16;7-5-2-1-3-6-4-5/h2-6,8,18,20H,7H2,1H3,(H,19,21);1-4,7H. The van der Waals surface area contributed by atoms with Crippen molar-refractivity contribution < 1.29 is 0 Å². The average molecular weight is 432 g/mol. The molecule has 3 aromatic heterocycles. The van der Waals surface area contributed by atoms with Gasteiger partial charge in [-0.1, -0.05) is 29.3 Å². The lowest BCUT2D eigenvalue weighted by Crippen LogP contribution is -2.03. The predicted octanol–water partition coefficient (Wildman–Crippen LogP) is 5.70. The fourth-order valence-electron chi connectivity index (χ4n) is 2.62. The summed E-state index contributed by atoms with van der Waals surface area (Å²) in [7, 11) is 1.93. The fourth-order valence-corrected chi connectivity index (χ4v) is 3.09. The van der Waals surface area contributed by atoms with Crippen molar-refractivity contribution in [2.24, 2.45) is 0 Å². The number of rotatable bonds is 4. The maximum absolute atomic E-state index is 6.13. The number of anilines is 2. The lowest BCUT2D eigenvalue weighted by Gasteiger charge is -2.09. The van der Waals surface area contributed by atoms with Crippen LogP contribution in [0.3, 0.4) is 0 Å². The lowest BCUT2D eigenvalue weighted by molar-refractivity contribution is 0.823. The zero-order chi connectivity index (χ0) is 19.9. The van der Waals surface area contributed by atoms with Crippen LogP contribution < -0.4 is 10.6 Å². The number of nitrogens with zero attached hydrogens (tertiary/aromatic N) is 2. The van der Waals surface area contributed by atoms with Crippen LogP contribution in [-0.4, -0.2) is 22.0 Å². The van der Waals surface area contributed by atoms with Crippen molar-refractivity contribution in [1.29, 1.82) is 0 Å². The van der Waals surface area contributed by atoms with E-state index in [1.54, 1.807) is 24.7 Å². The summed E-state index contributed by atoms with van der Waals surface area (Å²) in [5.74, 6) is 0. The Labute approximate surface area is 178 Å². The van der Waals surface area contributed by atoms with Crippen LogP contribution in [0.25, 0.3) is 10.9 Å². The van der Waals surface area contributed by atoms with Crippen molar-refractivity contribution in [1.82, 2.24) is 20.3 Å². The minimum atomic E-state index is 0.291. The number of halogens is 2. The molecule has 0 atom stereocenters. The van der Waals surface area contributed by atoms with Gasteiger partial charge in [0, 0.05) is 52.8 Å². The first-order valence-corrected chi connectivity index (χ1v) is 9.69. The summed E-state index contributed by atoms with van der Waals surface area (Å²) in [6, 6.07) is 11.7. The summed E-state index contributed by atoms with van der Waals surface area (Å²) in [6.45, 7) is 0.832. The smallest absolute Gasteiger partial charge is 0.149 e. The van der Waals surface area contributed by atoms with Crippen molar-refractivity contribution in [2.75, 3.05) is 12.4 Å². The SMILES string of the molecule is CNCc1c[nH]c2cc(Nc3ccnc(Cl)c3Cl)ccc12.Sc1cccnc1. The Morgan fingerprint density at radius 1 is 1.14 bits per heavy atom. The van der Waals surface area contributed by atoms with Crippen LogP contribution in [0.5, 0.6) is 0 Å². The Morgan fingerprint density at radius 3 is 2.68 bits per heavy atom. The van der Waals surface area contributed by atoms with Crippen molar-refractivity contribution in [3.8, 4) is 0 Å². The maximum atomic E-state index is 6.13.